The second-order valence-electron chi connectivity index (χ2n) is 6.08. The third kappa shape index (κ3) is 3.10. The van der Waals surface area contributed by atoms with E-state index in [1.807, 2.05) is 48.5 Å². The molecule has 130 valence electrons. The van der Waals surface area contributed by atoms with Gasteiger partial charge in [-0.3, -0.25) is 0 Å². The molecule has 0 amide bonds. The van der Waals surface area contributed by atoms with E-state index in [9.17, 15) is 4.79 Å². The van der Waals surface area contributed by atoms with Crippen LogP contribution in [0.25, 0.3) is 11.3 Å². The Labute approximate surface area is 159 Å². The molecule has 0 fully saturated rings. The van der Waals surface area contributed by atoms with Gasteiger partial charge in [0.1, 0.15) is 17.0 Å². The van der Waals surface area contributed by atoms with Crippen LogP contribution >= 0.6 is 15.9 Å². The summed E-state index contributed by atoms with van der Waals surface area (Å²) in [6.07, 6.45) is 0.637. The van der Waals surface area contributed by atoms with Crippen LogP contribution in [-0.4, -0.2) is 18.1 Å². The Balaban J connectivity index is 1.63. The van der Waals surface area contributed by atoms with Gasteiger partial charge in [-0.25, -0.2) is 9.78 Å². The number of ether oxygens (including phenoxy) is 2. The fraction of sp³-hybridized carbons (Fsp3) is 0.143. The molecule has 4 nitrogen and oxygen atoms in total. The van der Waals surface area contributed by atoms with Gasteiger partial charge in [0.15, 0.2) is 0 Å². The zero-order valence-corrected chi connectivity index (χ0v) is 15.7. The minimum absolute atomic E-state index is 0.349. The van der Waals surface area contributed by atoms with E-state index < -0.39 is 0 Å². The molecule has 1 aromatic heterocycles. The van der Waals surface area contributed by atoms with Crippen molar-refractivity contribution in [1.82, 2.24) is 4.98 Å². The molecule has 2 aromatic carbocycles. The number of pyridine rings is 1. The largest absolute Gasteiger partial charge is 0.489 e. The number of nitrogens with zero attached hydrogens (tertiary/aromatic N) is 1. The monoisotopic (exact) mass is 409 g/mol. The fourth-order valence-corrected chi connectivity index (χ4v) is 3.61. The van der Waals surface area contributed by atoms with Crippen molar-refractivity contribution in [2.24, 2.45) is 0 Å². The summed E-state index contributed by atoms with van der Waals surface area (Å²) in [5.41, 5.74) is 5.52. The fourth-order valence-electron chi connectivity index (χ4n) is 3.20. The number of hydrogen-bond acceptors (Lipinski definition) is 4. The van der Waals surface area contributed by atoms with Crippen LogP contribution in [0.1, 0.15) is 27.0 Å². The van der Waals surface area contributed by atoms with Crippen LogP contribution in [0.5, 0.6) is 5.75 Å². The number of halogens is 1. The number of benzene rings is 2. The lowest BCUT2D eigenvalue weighted by Crippen LogP contribution is -2.06. The summed E-state index contributed by atoms with van der Waals surface area (Å²) < 4.78 is 11.5. The number of fused-ring (bicyclic) bond motifs is 3. The Morgan fingerprint density at radius 2 is 1.96 bits per heavy atom. The minimum Gasteiger partial charge on any atom is -0.489 e. The topological polar surface area (TPSA) is 48.4 Å². The third-order valence-corrected chi connectivity index (χ3v) is 4.85. The lowest BCUT2D eigenvalue weighted by Gasteiger charge is -2.08. The lowest BCUT2D eigenvalue weighted by atomic mass is 10.1. The van der Waals surface area contributed by atoms with E-state index in [0.29, 0.717) is 23.2 Å². The molecule has 0 bridgehead atoms. The van der Waals surface area contributed by atoms with Crippen molar-refractivity contribution in [3.63, 3.8) is 0 Å². The average Bonchev–Trinajstić information content (AvgIpc) is 3.03. The molecule has 0 aliphatic heterocycles. The summed E-state index contributed by atoms with van der Waals surface area (Å²) >= 11 is 3.39. The van der Waals surface area contributed by atoms with Crippen molar-refractivity contribution in [1.29, 1.82) is 0 Å². The van der Waals surface area contributed by atoms with Crippen molar-refractivity contribution < 1.29 is 14.3 Å². The van der Waals surface area contributed by atoms with E-state index in [1.165, 1.54) is 7.11 Å². The summed E-state index contributed by atoms with van der Waals surface area (Å²) in [6.45, 7) is 0.518. The van der Waals surface area contributed by atoms with Crippen LogP contribution in [-0.2, 0) is 17.8 Å². The standard InChI is InChI=1S/C21H16BrNO3/c1-25-21(24)18-11-19(22)23-20-16-8-7-15(9-14(16)10-17(18)20)26-12-13-5-3-2-4-6-13/h2-9,11H,10,12H2,1H3. The highest BCUT2D eigenvalue weighted by atomic mass is 79.9. The van der Waals surface area contributed by atoms with E-state index in [1.54, 1.807) is 6.07 Å². The average molecular weight is 410 g/mol. The lowest BCUT2D eigenvalue weighted by molar-refractivity contribution is 0.0599. The molecule has 0 saturated carbocycles. The van der Waals surface area contributed by atoms with Gasteiger partial charge in [0.2, 0.25) is 0 Å². The summed E-state index contributed by atoms with van der Waals surface area (Å²) in [4.78, 5) is 16.7. The zero-order chi connectivity index (χ0) is 18.1. The normalized spacial score (nSPS) is 11.6. The van der Waals surface area contributed by atoms with Crippen LogP contribution < -0.4 is 4.74 Å². The number of carbonyl (C=O) groups is 1. The molecule has 0 unspecified atom stereocenters. The predicted molar refractivity (Wildman–Crippen MR) is 102 cm³/mol. The Morgan fingerprint density at radius 1 is 1.15 bits per heavy atom. The highest BCUT2D eigenvalue weighted by Crippen LogP contribution is 2.40. The van der Waals surface area contributed by atoms with Crippen LogP contribution in [0.2, 0.25) is 0 Å². The Bertz CT molecular complexity index is 986. The van der Waals surface area contributed by atoms with Crippen molar-refractivity contribution in [3.05, 3.63) is 81.5 Å². The molecule has 3 aromatic rings. The SMILES string of the molecule is COC(=O)c1cc(Br)nc2c1Cc1cc(OCc3ccccc3)ccc1-2. The number of methoxy groups -OCH3 is 1. The maximum Gasteiger partial charge on any atom is 0.338 e. The molecule has 0 radical (unpaired) electrons. The van der Waals surface area contributed by atoms with Gasteiger partial charge in [-0.15, -0.1) is 0 Å². The Morgan fingerprint density at radius 3 is 2.73 bits per heavy atom. The molecule has 5 heteroatoms. The first-order valence-electron chi connectivity index (χ1n) is 8.23. The number of aromatic nitrogens is 1. The van der Waals surface area contributed by atoms with E-state index in [-0.39, 0.29) is 5.97 Å². The molecule has 0 atom stereocenters. The highest BCUT2D eigenvalue weighted by molar-refractivity contribution is 9.10. The van der Waals surface area contributed by atoms with Gasteiger partial charge in [-0.2, -0.15) is 0 Å². The first kappa shape index (κ1) is 16.8. The second kappa shape index (κ2) is 6.92. The smallest absolute Gasteiger partial charge is 0.338 e. The summed E-state index contributed by atoms with van der Waals surface area (Å²) in [5, 5.41) is 0. The van der Waals surface area contributed by atoms with Gasteiger partial charge in [0.05, 0.1) is 18.4 Å². The molecule has 1 aliphatic carbocycles. The number of carbonyl (C=O) groups excluding carboxylic acids is 1. The van der Waals surface area contributed by atoms with Crippen LogP contribution in [0.15, 0.2) is 59.2 Å². The quantitative estimate of drug-likeness (QED) is 0.359. The molecule has 1 aliphatic rings. The van der Waals surface area contributed by atoms with Crippen molar-refractivity contribution in [2.75, 3.05) is 7.11 Å². The third-order valence-electron chi connectivity index (χ3n) is 4.45. The number of esters is 1. The van der Waals surface area contributed by atoms with Gasteiger partial charge < -0.3 is 9.47 Å². The summed E-state index contributed by atoms with van der Waals surface area (Å²) in [6, 6.07) is 17.7. The molecule has 0 spiro atoms. The molecular formula is C21H16BrNO3. The first-order valence-corrected chi connectivity index (χ1v) is 9.03. The van der Waals surface area contributed by atoms with E-state index in [4.69, 9.17) is 9.47 Å². The van der Waals surface area contributed by atoms with Crippen LogP contribution in [0.4, 0.5) is 0 Å². The van der Waals surface area contributed by atoms with Gasteiger partial charge in [-0.05, 0) is 56.9 Å². The summed E-state index contributed by atoms with van der Waals surface area (Å²) in [7, 11) is 1.39. The maximum absolute atomic E-state index is 12.1. The van der Waals surface area contributed by atoms with E-state index in [0.717, 1.165) is 33.7 Å². The maximum atomic E-state index is 12.1. The van der Waals surface area contributed by atoms with Gasteiger partial charge in [0.25, 0.3) is 0 Å². The molecular weight excluding hydrogens is 394 g/mol. The zero-order valence-electron chi connectivity index (χ0n) is 14.2. The number of rotatable bonds is 4. The molecule has 26 heavy (non-hydrogen) atoms. The Kier molecular flexibility index (Phi) is 4.47. The molecule has 0 saturated heterocycles. The highest BCUT2D eigenvalue weighted by Gasteiger charge is 2.27. The first-order chi connectivity index (χ1) is 12.7. The van der Waals surface area contributed by atoms with Crippen LogP contribution in [0, 0.1) is 0 Å². The predicted octanol–water partition coefficient (Wildman–Crippen LogP) is 4.78. The second-order valence-corrected chi connectivity index (χ2v) is 6.89. The molecule has 4 rings (SSSR count). The van der Waals surface area contributed by atoms with Gasteiger partial charge >= 0.3 is 5.97 Å². The minimum atomic E-state index is -0.349. The van der Waals surface area contributed by atoms with Crippen molar-refractivity contribution in [3.8, 4) is 17.0 Å². The molecule has 0 N–H and O–H groups in total. The molecule has 1 heterocycles. The van der Waals surface area contributed by atoms with Crippen LogP contribution in [0.3, 0.4) is 0 Å². The van der Waals surface area contributed by atoms with Gasteiger partial charge in [-0.1, -0.05) is 30.3 Å². The summed E-state index contributed by atoms with van der Waals surface area (Å²) in [5.74, 6) is 0.455. The number of hydrogen-bond donors (Lipinski definition) is 0. The van der Waals surface area contributed by atoms with E-state index >= 15 is 0 Å². The van der Waals surface area contributed by atoms with Gasteiger partial charge in [0, 0.05) is 12.0 Å². The Hall–Kier alpha value is -2.66. The van der Waals surface area contributed by atoms with E-state index in [2.05, 4.69) is 20.9 Å². The van der Waals surface area contributed by atoms with Crippen molar-refractivity contribution in [2.45, 2.75) is 13.0 Å². The van der Waals surface area contributed by atoms with Crippen molar-refractivity contribution >= 4 is 21.9 Å².